The first-order valence-electron chi connectivity index (χ1n) is 4.99. The summed E-state index contributed by atoms with van der Waals surface area (Å²) in [5, 5.41) is 8.72. The summed E-state index contributed by atoms with van der Waals surface area (Å²) in [7, 11) is 0. The van der Waals surface area contributed by atoms with Gasteiger partial charge in [-0.2, -0.15) is 0 Å². The summed E-state index contributed by atoms with van der Waals surface area (Å²) in [5.41, 5.74) is 7.53. The van der Waals surface area contributed by atoms with E-state index in [2.05, 4.69) is 4.98 Å². The molecule has 0 aromatic carbocycles. The maximum atomic E-state index is 10.6. The molecule has 0 aliphatic rings. The average Bonchev–Trinajstić information content (AvgIpc) is 2.59. The van der Waals surface area contributed by atoms with Gasteiger partial charge >= 0.3 is 5.97 Å². The second-order valence-electron chi connectivity index (χ2n) is 3.73. The smallest absolute Gasteiger partial charge is 0.305 e. The summed E-state index contributed by atoms with van der Waals surface area (Å²) in [6.45, 7) is 1.89. The summed E-state index contributed by atoms with van der Waals surface area (Å²) >= 11 is 0. The van der Waals surface area contributed by atoms with Gasteiger partial charge in [0.2, 0.25) is 0 Å². The summed E-state index contributed by atoms with van der Waals surface area (Å²) in [6.07, 6.45) is 3.52. The SMILES string of the molecule is Cc1ncc2c(C(N)CC(=O)O)cccn12. The van der Waals surface area contributed by atoms with Crippen molar-refractivity contribution in [2.75, 3.05) is 0 Å². The third-order valence-corrected chi connectivity index (χ3v) is 2.58. The highest BCUT2D eigenvalue weighted by atomic mass is 16.4. The number of imidazole rings is 1. The van der Waals surface area contributed by atoms with E-state index in [1.165, 1.54) is 0 Å². The molecule has 16 heavy (non-hydrogen) atoms. The molecule has 0 saturated heterocycles. The van der Waals surface area contributed by atoms with Gasteiger partial charge in [-0.1, -0.05) is 6.07 Å². The number of nitrogens with zero attached hydrogens (tertiary/aromatic N) is 2. The Balaban J connectivity index is 2.48. The number of carbonyl (C=O) groups is 1. The van der Waals surface area contributed by atoms with Crippen molar-refractivity contribution in [3.63, 3.8) is 0 Å². The molecule has 2 heterocycles. The Labute approximate surface area is 92.5 Å². The van der Waals surface area contributed by atoms with Gasteiger partial charge in [0, 0.05) is 12.2 Å². The summed E-state index contributed by atoms with van der Waals surface area (Å²) in [4.78, 5) is 14.8. The molecule has 84 valence electrons. The molecule has 5 heteroatoms. The fraction of sp³-hybridized carbons (Fsp3) is 0.273. The van der Waals surface area contributed by atoms with Gasteiger partial charge in [-0.05, 0) is 18.6 Å². The lowest BCUT2D eigenvalue weighted by molar-refractivity contribution is -0.137. The molecule has 2 rings (SSSR count). The number of carboxylic acids is 1. The van der Waals surface area contributed by atoms with E-state index in [1.807, 2.05) is 29.7 Å². The van der Waals surface area contributed by atoms with Crippen LogP contribution in [0.3, 0.4) is 0 Å². The molecule has 2 aromatic heterocycles. The van der Waals surface area contributed by atoms with Crippen molar-refractivity contribution >= 4 is 11.5 Å². The minimum Gasteiger partial charge on any atom is -0.481 e. The second kappa shape index (κ2) is 3.94. The third-order valence-electron chi connectivity index (χ3n) is 2.58. The van der Waals surface area contributed by atoms with E-state index in [1.54, 1.807) is 6.20 Å². The van der Waals surface area contributed by atoms with Crippen LogP contribution >= 0.6 is 0 Å². The number of hydrogen-bond donors (Lipinski definition) is 2. The molecule has 2 aromatic rings. The quantitative estimate of drug-likeness (QED) is 0.810. The zero-order valence-corrected chi connectivity index (χ0v) is 8.92. The molecule has 0 saturated carbocycles. The number of aromatic nitrogens is 2. The first kappa shape index (κ1) is 10.6. The summed E-state index contributed by atoms with van der Waals surface area (Å²) < 4.78 is 1.90. The van der Waals surface area contributed by atoms with Gasteiger partial charge in [0.1, 0.15) is 5.82 Å². The molecule has 1 unspecified atom stereocenters. The molecule has 3 N–H and O–H groups in total. The number of rotatable bonds is 3. The predicted molar refractivity (Wildman–Crippen MR) is 59.1 cm³/mol. The molecule has 0 spiro atoms. The molecule has 0 fully saturated rings. The van der Waals surface area contributed by atoms with Crippen LogP contribution in [-0.4, -0.2) is 20.5 Å². The van der Waals surface area contributed by atoms with Crippen LogP contribution in [0.5, 0.6) is 0 Å². The van der Waals surface area contributed by atoms with Crippen LogP contribution in [0.2, 0.25) is 0 Å². The molecule has 0 radical (unpaired) electrons. The summed E-state index contributed by atoms with van der Waals surface area (Å²) in [6, 6.07) is 3.18. The van der Waals surface area contributed by atoms with E-state index in [4.69, 9.17) is 10.8 Å². The number of carboxylic acid groups (broad SMARTS) is 1. The Kier molecular flexibility index (Phi) is 2.62. The Bertz CT molecular complexity index is 533. The molecular weight excluding hydrogens is 206 g/mol. The van der Waals surface area contributed by atoms with Crippen molar-refractivity contribution in [2.45, 2.75) is 19.4 Å². The molecule has 0 bridgehead atoms. The number of hydrogen-bond acceptors (Lipinski definition) is 3. The second-order valence-corrected chi connectivity index (χ2v) is 3.73. The topological polar surface area (TPSA) is 80.6 Å². The van der Waals surface area contributed by atoms with Crippen molar-refractivity contribution in [1.29, 1.82) is 0 Å². The number of nitrogens with two attached hydrogens (primary N) is 1. The molecule has 1 atom stereocenters. The molecule has 0 aliphatic heterocycles. The third kappa shape index (κ3) is 1.77. The van der Waals surface area contributed by atoms with Crippen molar-refractivity contribution < 1.29 is 9.90 Å². The lowest BCUT2D eigenvalue weighted by Crippen LogP contribution is -2.15. The van der Waals surface area contributed by atoms with Gasteiger partial charge in [-0.25, -0.2) is 4.98 Å². The van der Waals surface area contributed by atoms with Crippen LogP contribution in [0.15, 0.2) is 24.5 Å². The van der Waals surface area contributed by atoms with Crippen LogP contribution in [0.25, 0.3) is 5.52 Å². The Hall–Kier alpha value is -1.88. The van der Waals surface area contributed by atoms with Gasteiger partial charge in [0.15, 0.2) is 0 Å². The van der Waals surface area contributed by atoms with Crippen LogP contribution in [0.1, 0.15) is 23.9 Å². The fourth-order valence-corrected chi connectivity index (χ4v) is 1.78. The lowest BCUT2D eigenvalue weighted by atomic mass is 10.1. The number of fused-ring (bicyclic) bond motifs is 1. The maximum absolute atomic E-state index is 10.6. The van der Waals surface area contributed by atoms with Crippen LogP contribution in [0, 0.1) is 6.92 Å². The van der Waals surface area contributed by atoms with Gasteiger partial charge in [-0.15, -0.1) is 0 Å². The summed E-state index contributed by atoms with van der Waals surface area (Å²) in [5.74, 6) is -0.0369. The van der Waals surface area contributed by atoms with Crippen molar-refractivity contribution in [3.8, 4) is 0 Å². The van der Waals surface area contributed by atoms with Crippen LogP contribution < -0.4 is 5.73 Å². The van der Waals surface area contributed by atoms with Crippen molar-refractivity contribution in [3.05, 3.63) is 35.9 Å². The average molecular weight is 219 g/mol. The van der Waals surface area contributed by atoms with Crippen molar-refractivity contribution in [1.82, 2.24) is 9.38 Å². The highest BCUT2D eigenvalue weighted by Gasteiger charge is 2.14. The first-order valence-corrected chi connectivity index (χ1v) is 4.99. The van der Waals surface area contributed by atoms with Gasteiger partial charge < -0.3 is 15.2 Å². The van der Waals surface area contributed by atoms with E-state index >= 15 is 0 Å². The van der Waals surface area contributed by atoms with Gasteiger partial charge in [-0.3, -0.25) is 4.79 Å². The highest BCUT2D eigenvalue weighted by molar-refractivity contribution is 5.69. The Morgan fingerprint density at radius 3 is 3.12 bits per heavy atom. The van der Waals surface area contributed by atoms with E-state index in [9.17, 15) is 4.79 Å². The van der Waals surface area contributed by atoms with E-state index in [0.29, 0.717) is 0 Å². The molecule has 5 nitrogen and oxygen atoms in total. The zero-order chi connectivity index (χ0) is 11.7. The number of aryl methyl sites for hydroxylation is 1. The first-order chi connectivity index (χ1) is 7.59. The van der Waals surface area contributed by atoms with Crippen LogP contribution in [0.4, 0.5) is 0 Å². The normalized spacial score (nSPS) is 12.9. The van der Waals surface area contributed by atoms with Crippen LogP contribution in [-0.2, 0) is 4.79 Å². The largest absolute Gasteiger partial charge is 0.481 e. The maximum Gasteiger partial charge on any atom is 0.305 e. The minimum absolute atomic E-state index is 0.0795. The Morgan fingerprint density at radius 1 is 1.69 bits per heavy atom. The predicted octanol–water partition coefficient (Wildman–Crippen LogP) is 1.12. The fourth-order valence-electron chi connectivity index (χ4n) is 1.78. The molecular formula is C11H13N3O2. The lowest BCUT2D eigenvalue weighted by Gasteiger charge is -2.11. The Morgan fingerprint density at radius 2 is 2.44 bits per heavy atom. The number of pyridine rings is 1. The standard InChI is InChI=1S/C11H13N3O2/c1-7-13-6-10-8(3-2-4-14(7)10)9(12)5-11(15)16/h2-4,6,9H,5,12H2,1H3,(H,15,16). The van der Waals surface area contributed by atoms with E-state index in [-0.39, 0.29) is 6.42 Å². The van der Waals surface area contributed by atoms with E-state index < -0.39 is 12.0 Å². The minimum atomic E-state index is -0.897. The monoisotopic (exact) mass is 219 g/mol. The highest BCUT2D eigenvalue weighted by Crippen LogP contribution is 2.20. The number of aliphatic carboxylic acids is 1. The van der Waals surface area contributed by atoms with E-state index in [0.717, 1.165) is 16.9 Å². The van der Waals surface area contributed by atoms with Crippen molar-refractivity contribution in [2.24, 2.45) is 5.73 Å². The molecule has 0 aliphatic carbocycles. The van der Waals surface area contributed by atoms with Gasteiger partial charge in [0.25, 0.3) is 0 Å². The molecule has 0 amide bonds. The van der Waals surface area contributed by atoms with Gasteiger partial charge in [0.05, 0.1) is 18.1 Å². The zero-order valence-electron chi connectivity index (χ0n) is 8.92.